The Morgan fingerprint density at radius 3 is 2.33 bits per heavy atom. The first kappa shape index (κ1) is 24.1. The molecule has 3 atom stereocenters. The van der Waals surface area contributed by atoms with Gasteiger partial charge in [-0.15, -0.1) is 0 Å². The van der Waals surface area contributed by atoms with Crippen molar-refractivity contribution in [2.75, 3.05) is 26.2 Å². The van der Waals surface area contributed by atoms with Gasteiger partial charge < -0.3 is 25.6 Å². The van der Waals surface area contributed by atoms with Gasteiger partial charge in [-0.2, -0.15) is 0 Å². The lowest BCUT2D eigenvalue weighted by molar-refractivity contribution is -0.142. The standard InChI is InChI=1S/C28H38N4O4/c29-22-16-32(24-23(33)17-36-25(22)24)27(35)28(12-1-2-13-28)30-26(34)20-8-6-18(7-9-20)19-10-14-31(15-11-19)21-4-3-5-21/h6-9,19,21-22,24-25H,1-5,10-17,29H2,(H,30,34)/t22-,24-,25-/m1/s1. The van der Waals surface area contributed by atoms with E-state index in [4.69, 9.17) is 10.5 Å². The number of amides is 2. The van der Waals surface area contributed by atoms with Crippen LogP contribution < -0.4 is 11.1 Å². The van der Waals surface area contributed by atoms with E-state index in [2.05, 4.69) is 22.3 Å². The molecule has 2 saturated carbocycles. The Bertz CT molecular complexity index is 1010. The predicted molar refractivity (Wildman–Crippen MR) is 135 cm³/mol. The van der Waals surface area contributed by atoms with E-state index in [1.807, 2.05) is 12.1 Å². The summed E-state index contributed by atoms with van der Waals surface area (Å²) in [6.07, 6.45) is 8.86. The molecule has 6 rings (SSSR count). The number of benzene rings is 1. The van der Waals surface area contributed by atoms with Crippen LogP contribution in [0.3, 0.4) is 0 Å². The Morgan fingerprint density at radius 1 is 1.00 bits per heavy atom. The molecule has 0 radical (unpaired) electrons. The van der Waals surface area contributed by atoms with Crippen LogP contribution in [0.1, 0.15) is 79.6 Å². The quantitative estimate of drug-likeness (QED) is 0.649. The van der Waals surface area contributed by atoms with Crippen molar-refractivity contribution < 1.29 is 19.1 Å². The van der Waals surface area contributed by atoms with Gasteiger partial charge in [0.2, 0.25) is 5.91 Å². The molecule has 0 spiro atoms. The number of nitrogens with zero attached hydrogens (tertiary/aromatic N) is 2. The summed E-state index contributed by atoms with van der Waals surface area (Å²) in [6.45, 7) is 2.61. The van der Waals surface area contributed by atoms with Crippen molar-refractivity contribution >= 4 is 17.6 Å². The van der Waals surface area contributed by atoms with Gasteiger partial charge in [0.1, 0.15) is 24.3 Å². The molecule has 0 bridgehead atoms. The summed E-state index contributed by atoms with van der Waals surface area (Å²) in [5.41, 5.74) is 7.07. The summed E-state index contributed by atoms with van der Waals surface area (Å²) in [6, 6.07) is 7.76. The number of ketones is 1. The van der Waals surface area contributed by atoms with E-state index >= 15 is 0 Å². The maximum absolute atomic E-state index is 13.8. The third kappa shape index (κ3) is 4.17. The predicted octanol–water partition coefficient (Wildman–Crippen LogP) is 1.97. The first-order valence-electron chi connectivity index (χ1n) is 13.8. The molecule has 0 unspecified atom stereocenters. The molecule has 8 heteroatoms. The molecule has 2 amide bonds. The summed E-state index contributed by atoms with van der Waals surface area (Å²) >= 11 is 0. The van der Waals surface area contributed by atoms with Gasteiger partial charge >= 0.3 is 0 Å². The van der Waals surface area contributed by atoms with Gasteiger partial charge in [0.05, 0.1) is 6.04 Å². The SMILES string of the molecule is N[C@@H]1CN(C(=O)C2(NC(=O)c3ccc(C4CCN(C5CCC5)CC4)cc3)CCCC2)[C@@H]2C(=O)CO[C@H]12. The Labute approximate surface area is 212 Å². The average Bonchev–Trinajstić information content (AvgIpc) is 3.57. The van der Waals surface area contributed by atoms with Crippen LogP contribution >= 0.6 is 0 Å². The van der Waals surface area contributed by atoms with Gasteiger partial charge in [-0.3, -0.25) is 14.4 Å². The maximum Gasteiger partial charge on any atom is 0.252 e. The molecule has 1 aromatic rings. The van der Waals surface area contributed by atoms with Crippen LogP contribution in [0.15, 0.2) is 24.3 Å². The Morgan fingerprint density at radius 2 is 1.69 bits per heavy atom. The summed E-state index contributed by atoms with van der Waals surface area (Å²) in [5, 5.41) is 3.10. The lowest BCUT2D eigenvalue weighted by Gasteiger charge is -2.42. The fraction of sp³-hybridized carbons (Fsp3) is 0.679. The summed E-state index contributed by atoms with van der Waals surface area (Å²) in [7, 11) is 0. The zero-order valence-electron chi connectivity index (χ0n) is 21.0. The van der Waals surface area contributed by atoms with Crippen LogP contribution in [0.4, 0.5) is 0 Å². The lowest BCUT2D eigenvalue weighted by Crippen LogP contribution is -2.60. The van der Waals surface area contributed by atoms with Crippen molar-refractivity contribution in [1.29, 1.82) is 0 Å². The Hall–Kier alpha value is -2.29. The fourth-order valence-corrected chi connectivity index (χ4v) is 7.09. The molecule has 194 valence electrons. The topological polar surface area (TPSA) is 105 Å². The largest absolute Gasteiger partial charge is 0.366 e. The molecule has 1 aromatic carbocycles. The van der Waals surface area contributed by atoms with E-state index in [1.165, 1.54) is 37.7 Å². The molecule has 3 heterocycles. The number of fused-ring (bicyclic) bond motifs is 1. The smallest absolute Gasteiger partial charge is 0.252 e. The van der Waals surface area contributed by atoms with Gasteiger partial charge in [0.15, 0.2) is 5.78 Å². The minimum Gasteiger partial charge on any atom is -0.366 e. The molecule has 3 saturated heterocycles. The monoisotopic (exact) mass is 494 g/mol. The highest BCUT2D eigenvalue weighted by Gasteiger charge is 2.55. The second kappa shape index (κ2) is 9.54. The third-order valence-corrected chi connectivity index (χ3v) is 9.47. The number of hydrogen-bond donors (Lipinski definition) is 2. The molecular weight excluding hydrogens is 456 g/mol. The number of nitrogens with one attached hydrogen (secondary N) is 1. The van der Waals surface area contributed by atoms with E-state index in [0.29, 0.717) is 24.3 Å². The van der Waals surface area contributed by atoms with Crippen LogP contribution in [-0.4, -0.2) is 83.4 Å². The minimum absolute atomic E-state index is 0.00186. The fourth-order valence-electron chi connectivity index (χ4n) is 7.09. The van der Waals surface area contributed by atoms with E-state index in [1.54, 1.807) is 4.90 Å². The summed E-state index contributed by atoms with van der Waals surface area (Å²) in [5.74, 6) is 0.0187. The van der Waals surface area contributed by atoms with Crippen LogP contribution in [-0.2, 0) is 14.3 Å². The van der Waals surface area contributed by atoms with E-state index < -0.39 is 17.7 Å². The maximum atomic E-state index is 13.8. The molecule has 36 heavy (non-hydrogen) atoms. The van der Waals surface area contributed by atoms with Crippen LogP contribution in [0, 0.1) is 0 Å². The zero-order valence-corrected chi connectivity index (χ0v) is 21.0. The number of carbonyl (C=O) groups excluding carboxylic acids is 3. The highest BCUT2D eigenvalue weighted by Crippen LogP contribution is 2.37. The molecule has 2 aliphatic carbocycles. The number of nitrogens with two attached hydrogens (primary N) is 1. The zero-order chi connectivity index (χ0) is 24.9. The Balaban J connectivity index is 1.12. The number of rotatable bonds is 5. The van der Waals surface area contributed by atoms with Gasteiger partial charge in [-0.1, -0.05) is 31.4 Å². The second-order valence-corrected chi connectivity index (χ2v) is 11.6. The second-order valence-electron chi connectivity index (χ2n) is 11.6. The van der Waals surface area contributed by atoms with Gasteiger partial charge in [0.25, 0.3) is 5.91 Å². The normalized spacial score (nSPS) is 30.9. The van der Waals surface area contributed by atoms with E-state index in [9.17, 15) is 14.4 Å². The Kier molecular flexibility index (Phi) is 6.38. The molecule has 8 nitrogen and oxygen atoms in total. The molecule has 0 aromatic heterocycles. The van der Waals surface area contributed by atoms with Crippen molar-refractivity contribution in [2.24, 2.45) is 5.73 Å². The molecule has 3 N–H and O–H groups in total. The first-order chi connectivity index (χ1) is 17.4. The minimum atomic E-state index is -0.985. The molecule has 5 fully saturated rings. The van der Waals surface area contributed by atoms with Crippen molar-refractivity contribution in [2.45, 2.75) is 93.5 Å². The third-order valence-electron chi connectivity index (χ3n) is 9.47. The summed E-state index contributed by atoms with van der Waals surface area (Å²) in [4.78, 5) is 43.8. The van der Waals surface area contributed by atoms with Crippen molar-refractivity contribution in [3.05, 3.63) is 35.4 Å². The lowest BCUT2D eigenvalue weighted by atomic mass is 9.85. The highest BCUT2D eigenvalue weighted by atomic mass is 16.5. The number of ether oxygens (including phenoxy) is 1. The molecule has 3 aliphatic heterocycles. The van der Waals surface area contributed by atoms with Crippen LogP contribution in [0.25, 0.3) is 0 Å². The number of piperidine rings is 1. The van der Waals surface area contributed by atoms with E-state index in [0.717, 1.165) is 32.0 Å². The highest BCUT2D eigenvalue weighted by molar-refractivity contribution is 6.01. The van der Waals surface area contributed by atoms with Crippen molar-refractivity contribution in [3.63, 3.8) is 0 Å². The van der Waals surface area contributed by atoms with Gasteiger partial charge in [-0.05, 0) is 75.2 Å². The van der Waals surface area contributed by atoms with Crippen LogP contribution in [0.5, 0.6) is 0 Å². The van der Waals surface area contributed by atoms with E-state index in [-0.39, 0.29) is 36.8 Å². The number of carbonyl (C=O) groups is 3. The van der Waals surface area contributed by atoms with Gasteiger partial charge in [0, 0.05) is 18.2 Å². The average molecular weight is 495 g/mol. The number of likely N-dealkylation sites (tertiary alicyclic amines) is 2. The molecule has 5 aliphatic rings. The first-order valence-corrected chi connectivity index (χ1v) is 13.8. The number of Topliss-reactive ketones (excluding diaryl/α,β-unsaturated/α-hetero) is 1. The van der Waals surface area contributed by atoms with Crippen molar-refractivity contribution in [1.82, 2.24) is 15.1 Å². The molecular formula is C28H38N4O4. The number of hydrogen-bond acceptors (Lipinski definition) is 6. The summed E-state index contributed by atoms with van der Waals surface area (Å²) < 4.78 is 5.56. The van der Waals surface area contributed by atoms with Gasteiger partial charge in [-0.25, -0.2) is 0 Å². The van der Waals surface area contributed by atoms with Crippen LogP contribution in [0.2, 0.25) is 0 Å². The van der Waals surface area contributed by atoms with Crippen molar-refractivity contribution in [3.8, 4) is 0 Å².